The van der Waals surface area contributed by atoms with Crippen LogP contribution in [0.2, 0.25) is 0 Å². The summed E-state index contributed by atoms with van der Waals surface area (Å²) in [4.78, 5) is 16.3. The Morgan fingerprint density at radius 1 is 1.89 bits per heavy atom. The molecule has 0 radical (unpaired) electrons. The summed E-state index contributed by atoms with van der Waals surface area (Å²) < 4.78 is 5.14. The van der Waals surface area contributed by atoms with Crippen LogP contribution in [0, 0.1) is 0 Å². The summed E-state index contributed by atoms with van der Waals surface area (Å²) in [5, 5.41) is 0. The first kappa shape index (κ1) is 6.19. The van der Waals surface area contributed by atoms with Crippen molar-refractivity contribution >= 4 is 28.0 Å². The molecule has 46 valence electrons. The summed E-state index contributed by atoms with van der Waals surface area (Å²) in [7, 11) is 0. The van der Waals surface area contributed by atoms with Crippen molar-refractivity contribution in [2.45, 2.75) is 0 Å². The van der Waals surface area contributed by atoms with Crippen molar-refractivity contribution in [3.8, 4) is 0 Å². The lowest BCUT2D eigenvalue weighted by molar-refractivity contribution is 0.536. The SMILES string of the molecule is O=C=Nc1ncc(Br)o1. The summed E-state index contributed by atoms with van der Waals surface area (Å²) >= 11 is 2.98. The highest BCUT2D eigenvalue weighted by molar-refractivity contribution is 9.10. The van der Waals surface area contributed by atoms with Gasteiger partial charge in [-0.2, -0.15) is 4.98 Å². The van der Waals surface area contributed by atoms with E-state index in [0.29, 0.717) is 4.67 Å². The maximum absolute atomic E-state index is 9.58. The topological polar surface area (TPSA) is 55.5 Å². The maximum Gasteiger partial charge on any atom is 0.333 e. The molecule has 1 aromatic heterocycles. The van der Waals surface area contributed by atoms with Crippen LogP contribution >= 0.6 is 15.9 Å². The highest BCUT2D eigenvalue weighted by atomic mass is 79.9. The average molecular weight is 189 g/mol. The van der Waals surface area contributed by atoms with Gasteiger partial charge in [0, 0.05) is 0 Å². The van der Waals surface area contributed by atoms with Crippen LogP contribution in [0.15, 0.2) is 20.3 Å². The van der Waals surface area contributed by atoms with Gasteiger partial charge >= 0.3 is 6.01 Å². The van der Waals surface area contributed by atoms with E-state index in [1.165, 1.54) is 12.3 Å². The van der Waals surface area contributed by atoms with E-state index in [4.69, 9.17) is 4.42 Å². The van der Waals surface area contributed by atoms with E-state index in [-0.39, 0.29) is 6.01 Å². The zero-order valence-electron chi connectivity index (χ0n) is 4.17. The smallest absolute Gasteiger partial charge is 0.333 e. The first-order valence-electron chi connectivity index (χ1n) is 2.02. The molecule has 1 rings (SSSR count). The van der Waals surface area contributed by atoms with E-state index in [0.717, 1.165) is 0 Å². The van der Waals surface area contributed by atoms with Crippen molar-refractivity contribution in [2.24, 2.45) is 4.99 Å². The second-order valence-corrected chi connectivity index (χ2v) is 1.93. The molecule has 0 fully saturated rings. The number of aliphatic imine (C=N–C) groups is 1. The molecule has 5 heteroatoms. The number of oxazole rings is 1. The number of hydrogen-bond donors (Lipinski definition) is 0. The van der Waals surface area contributed by atoms with E-state index in [1.54, 1.807) is 0 Å². The number of rotatable bonds is 1. The van der Waals surface area contributed by atoms with Gasteiger partial charge in [-0.15, -0.1) is 4.99 Å². The molecule has 0 N–H and O–H groups in total. The number of hydrogen-bond acceptors (Lipinski definition) is 4. The molecule has 0 amide bonds. The minimum absolute atomic E-state index is 0.0110. The first-order valence-corrected chi connectivity index (χ1v) is 2.81. The van der Waals surface area contributed by atoms with Gasteiger partial charge in [-0.1, -0.05) is 0 Å². The normalized spacial score (nSPS) is 8.56. The van der Waals surface area contributed by atoms with E-state index < -0.39 is 0 Å². The summed E-state index contributed by atoms with van der Waals surface area (Å²) in [6.07, 6.45) is 2.69. The molecule has 0 unspecified atom stereocenters. The Hall–Kier alpha value is -0.930. The maximum atomic E-state index is 9.58. The molecule has 1 heterocycles. The largest absolute Gasteiger partial charge is 0.414 e. The van der Waals surface area contributed by atoms with Crippen LogP contribution in [0.25, 0.3) is 0 Å². The standard InChI is InChI=1S/C4HBrN2O2/c5-3-1-6-4(9-3)7-2-8/h1H. The monoisotopic (exact) mass is 188 g/mol. The molecule has 0 saturated carbocycles. The van der Waals surface area contributed by atoms with Gasteiger partial charge < -0.3 is 4.42 Å². The Morgan fingerprint density at radius 3 is 3.11 bits per heavy atom. The fourth-order valence-electron chi connectivity index (χ4n) is 0.337. The highest BCUT2D eigenvalue weighted by Crippen LogP contribution is 2.15. The number of aromatic nitrogens is 1. The van der Waals surface area contributed by atoms with Gasteiger partial charge in [0.2, 0.25) is 6.08 Å². The van der Waals surface area contributed by atoms with Gasteiger partial charge in [-0.05, 0) is 15.9 Å². The zero-order chi connectivity index (χ0) is 6.69. The lowest BCUT2D eigenvalue weighted by Gasteiger charge is -1.72. The third-order valence-corrected chi connectivity index (χ3v) is 0.973. The predicted octanol–water partition coefficient (Wildman–Crippen LogP) is 1.40. The molecule has 0 aromatic carbocycles. The van der Waals surface area contributed by atoms with Gasteiger partial charge in [0.1, 0.15) is 0 Å². The Kier molecular flexibility index (Phi) is 1.77. The van der Waals surface area contributed by atoms with E-state index >= 15 is 0 Å². The fourth-order valence-corrected chi connectivity index (χ4v) is 0.584. The zero-order valence-corrected chi connectivity index (χ0v) is 5.75. The molecule has 9 heavy (non-hydrogen) atoms. The van der Waals surface area contributed by atoms with Crippen LogP contribution in [0.3, 0.4) is 0 Å². The van der Waals surface area contributed by atoms with Crippen molar-refractivity contribution in [1.29, 1.82) is 0 Å². The Labute approximate surface area is 58.7 Å². The molecule has 1 aromatic rings. The Bertz CT molecular complexity index is 251. The van der Waals surface area contributed by atoms with Crippen molar-refractivity contribution in [1.82, 2.24) is 4.98 Å². The quantitative estimate of drug-likeness (QED) is 0.495. The number of isocyanates is 1. The molecular formula is C4HBrN2O2. The minimum Gasteiger partial charge on any atom is -0.414 e. The molecule has 4 nitrogen and oxygen atoms in total. The number of carbonyl (C=O) groups excluding carboxylic acids is 1. The molecule has 0 saturated heterocycles. The van der Waals surface area contributed by atoms with Crippen LogP contribution in [0.4, 0.5) is 6.01 Å². The van der Waals surface area contributed by atoms with Crippen molar-refractivity contribution in [3.05, 3.63) is 10.9 Å². The lowest BCUT2D eigenvalue weighted by atomic mass is 11.0. The molecule has 0 atom stereocenters. The van der Waals surface area contributed by atoms with Gasteiger partial charge in [-0.3, -0.25) is 0 Å². The van der Waals surface area contributed by atoms with Gasteiger partial charge in [-0.25, -0.2) is 4.79 Å². The van der Waals surface area contributed by atoms with Crippen LogP contribution < -0.4 is 0 Å². The van der Waals surface area contributed by atoms with E-state index in [1.807, 2.05) is 0 Å². The van der Waals surface area contributed by atoms with Gasteiger partial charge in [0.15, 0.2) is 4.67 Å². The van der Waals surface area contributed by atoms with Crippen LogP contribution in [0.1, 0.15) is 0 Å². The third-order valence-electron chi connectivity index (χ3n) is 0.607. The fraction of sp³-hybridized carbons (Fsp3) is 0. The molecule has 0 bridgehead atoms. The Morgan fingerprint density at radius 2 is 2.67 bits per heavy atom. The summed E-state index contributed by atoms with van der Waals surface area (Å²) in [6, 6.07) is 0.0110. The lowest BCUT2D eigenvalue weighted by Crippen LogP contribution is -1.55. The van der Waals surface area contributed by atoms with Gasteiger partial charge in [0.05, 0.1) is 6.20 Å². The van der Waals surface area contributed by atoms with Crippen molar-refractivity contribution < 1.29 is 9.21 Å². The van der Waals surface area contributed by atoms with Crippen LogP contribution in [-0.2, 0) is 4.79 Å². The summed E-state index contributed by atoms with van der Waals surface area (Å²) in [5.74, 6) is 0. The average Bonchev–Trinajstić information content (AvgIpc) is 2.17. The number of nitrogens with zero attached hydrogens (tertiary/aromatic N) is 2. The van der Waals surface area contributed by atoms with Crippen LogP contribution in [-0.4, -0.2) is 11.1 Å². The highest BCUT2D eigenvalue weighted by Gasteiger charge is 1.95. The molecular weight excluding hydrogens is 188 g/mol. The molecule has 0 aliphatic heterocycles. The third kappa shape index (κ3) is 1.48. The minimum atomic E-state index is 0.0110. The Balaban J connectivity index is 2.97. The van der Waals surface area contributed by atoms with Gasteiger partial charge in [0.25, 0.3) is 0 Å². The van der Waals surface area contributed by atoms with E-state index in [9.17, 15) is 4.79 Å². The molecule has 0 spiro atoms. The predicted molar refractivity (Wildman–Crippen MR) is 32.0 cm³/mol. The molecule has 0 aliphatic carbocycles. The van der Waals surface area contributed by atoms with E-state index in [2.05, 4.69) is 25.9 Å². The summed E-state index contributed by atoms with van der Waals surface area (Å²) in [6.45, 7) is 0. The van der Waals surface area contributed by atoms with Crippen molar-refractivity contribution in [3.63, 3.8) is 0 Å². The summed E-state index contributed by atoms with van der Waals surface area (Å²) in [5.41, 5.74) is 0. The number of halogens is 1. The van der Waals surface area contributed by atoms with Crippen LogP contribution in [0.5, 0.6) is 0 Å². The first-order chi connectivity index (χ1) is 4.33. The second kappa shape index (κ2) is 2.57. The second-order valence-electron chi connectivity index (χ2n) is 1.15. The molecule has 0 aliphatic rings. The van der Waals surface area contributed by atoms with Crippen molar-refractivity contribution in [2.75, 3.05) is 0 Å².